The normalized spacial score (nSPS) is 28.6. The first-order valence-corrected chi connectivity index (χ1v) is 6.13. The zero-order valence-corrected chi connectivity index (χ0v) is 10.5. The van der Waals surface area contributed by atoms with Crippen molar-refractivity contribution in [3.63, 3.8) is 0 Å². The van der Waals surface area contributed by atoms with Crippen LogP contribution in [0.2, 0.25) is 0 Å². The Morgan fingerprint density at radius 3 is 2.61 bits per heavy atom. The Morgan fingerprint density at radius 2 is 2.06 bits per heavy atom. The SMILES string of the molecule is CNC1CCC(c2cnccc2C(F)(F)F)C1C. The van der Waals surface area contributed by atoms with Crippen LogP contribution in [0.3, 0.4) is 0 Å². The number of rotatable bonds is 2. The van der Waals surface area contributed by atoms with E-state index in [0.29, 0.717) is 5.56 Å². The van der Waals surface area contributed by atoms with Gasteiger partial charge in [0.15, 0.2) is 0 Å². The fourth-order valence-corrected chi connectivity index (χ4v) is 2.97. The summed E-state index contributed by atoms with van der Waals surface area (Å²) in [6.07, 6.45) is -0.0186. The van der Waals surface area contributed by atoms with Crippen LogP contribution in [0.5, 0.6) is 0 Å². The fraction of sp³-hybridized carbons (Fsp3) is 0.615. The molecule has 1 aromatic heterocycles. The number of halogens is 3. The summed E-state index contributed by atoms with van der Waals surface area (Å²) >= 11 is 0. The van der Waals surface area contributed by atoms with Gasteiger partial charge in [0.1, 0.15) is 0 Å². The third kappa shape index (κ3) is 2.36. The van der Waals surface area contributed by atoms with Gasteiger partial charge in [-0.3, -0.25) is 4.98 Å². The van der Waals surface area contributed by atoms with E-state index in [4.69, 9.17) is 0 Å². The molecule has 3 unspecified atom stereocenters. The standard InChI is InChI=1S/C13H17F3N2/c1-8-9(3-4-12(8)17-2)10-7-18-6-5-11(10)13(14,15)16/h5-9,12,17H,3-4H2,1-2H3. The molecule has 3 atom stereocenters. The van der Waals surface area contributed by atoms with Crippen molar-refractivity contribution >= 4 is 0 Å². The highest BCUT2D eigenvalue weighted by molar-refractivity contribution is 5.31. The molecule has 0 aliphatic heterocycles. The number of alkyl halides is 3. The zero-order valence-electron chi connectivity index (χ0n) is 10.5. The lowest BCUT2D eigenvalue weighted by Gasteiger charge is -2.23. The van der Waals surface area contributed by atoms with Crippen LogP contribution in [0.15, 0.2) is 18.5 Å². The van der Waals surface area contributed by atoms with Crippen LogP contribution in [0.4, 0.5) is 13.2 Å². The van der Waals surface area contributed by atoms with E-state index in [1.807, 2.05) is 14.0 Å². The molecule has 0 spiro atoms. The van der Waals surface area contributed by atoms with E-state index in [-0.39, 0.29) is 17.9 Å². The Kier molecular flexibility index (Phi) is 3.61. The summed E-state index contributed by atoms with van der Waals surface area (Å²) in [7, 11) is 1.86. The van der Waals surface area contributed by atoms with E-state index in [1.165, 1.54) is 12.4 Å². The molecule has 0 aromatic carbocycles. The number of pyridine rings is 1. The zero-order chi connectivity index (χ0) is 13.3. The molecule has 1 heterocycles. The lowest BCUT2D eigenvalue weighted by molar-refractivity contribution is -0.138. The van der Waals surface area contributed by atoms with Crippen LogP contribution in [-0.2, 0) is 6.18 Å². The van der Waals surface area contributed by atoms with E-state index in [0.717, 1.165) is 18.9 Å². The van der Waals surface area contributed by atoms with E-state index in [1.54, 1.807) is 0 Å². The molecule has 1 aromatic rings. The van der Waals surface area contributed by atoms with E-state index in [2.05, 4.69) is 10.3 Å². The van der Waals surface area contributed by atoms with E-state index in [9.17, 15) is 13.2 Å². The first-order chi connectivity index (χ1) is 8.45. The molecule has 1 fully saturated rings. The molecular weight excluding hydrogens is 241 g/mol. The number of hydrogen-bond acceptors (Lipinski definition) is 2. The van der Waals surface area contributed by atoms with Crippen molar-refractivity contribution in [3.05, 3.63) is 29.6 Å². The third-order valence-electron chi connectivity index (χ3n) is 3.99. The van der Waals surface area contributed by atoms with Crippen LogP contribution in [-0.4, -0.2) is 18.1 Å². The van der Waals surface area contributed by atoms with Crippen LogP contribution < -0.4 is 5.32 Å². The highest BCUT2D eigenvalue weighted by Crippen LogP contribution is 2.44. The fourth-order valence-electron chi connectivity index (χ4n) is 2.97. The number of nitrogens with one attached hydrogen (secondary N) is 1. The van der Waals surface area contributed by atoms with Gasteiger partial charge in [-0.15, -0.1) is 0 Å². The summed E-state index contributed by atoms with van der Waals surface area (Å²) in [5.41, 5.74) is -0.193. The average molecular weight is 258 g/mol. The second-order valence-electron chi connectivity index (χ2n) is 4.90. The lowest BCUT2D eigenvalue weighted by atomic mass is 9.87. The van der Waals surface area contributed by atoms with E-state index < -0.39 is 11.7 Å². The van der Waals surface area contributed by atoms with Crippen molar-refractivity contribution in [2.75, 3.05) is 7.05 Å². The topological polar surface area (TPSA) is 24.9 Å². The number of nitrogens with zero attached hydrogens (tertiary/aromatic N) is 1. The van der Waals surface area contributed by atoms with Gasteiger partial charge in [0.2, 0.25) is 0 Å². The molecule has 1 saturated carbocycles. The Hall–Kier alpha value is -1.10. The minimum Gasteiger partial charge on any atom is -0.317 e. The Morgan fingerprint density at radius 1 is 1.33 bits per heavy atom. The largest absolute Gasteiger partial charge is 0.416 e. The highest BCUT2D eigenvalue weighted by Gasteiger charge is 2.40. The quantitative estimate of drug-likeness (QED) is 0.881. The van der Waals surface area contributed by atoms with Crippen LogP contribution in [0.1, 0.15) is 36.8 Å². The van der Waals surface area contributed by atoms with Gasteiger partial charge < -0.3 is 5.32 Å². The Bertz CT molecular complexity index is 417. The summed E-state index contributed by atoms with van der Waals surface area (Å²) in [6.45, 7) is 2.01. The van der Waals surface area contributed by atoms with Crippen molar-refractivity contribution < 1.29 is 13.2 Å². The van der Waals surface area contributed by atoms with Gasteiger partial charge in [-0.05, 0) is 43.4 Å². The molecule has 0 saturated heterocycles. The van der Waals surface area contributed by atoms with Crippen molar-refractivity contribution in [1.82, 2.24) is 10.3 Å². The van der Waals surface area contributed by atoms with Gasteiger partial charge in [-0.2, -0.15) is 13.2 Å². The molecule has 5 heteroatoms. The number of hydrogen-bond donors (Lipinski definition) is 1. The molecule has 2 rings (SSSR count). The first kappa shape index (κ1) is 13.3. The van der Waals surface area contributed by atoms with Crippen LogP contribution >= 0.6 is 0 Å². The predicted molar refractivity (Wildman–Crippen MR) is 63.2 cm³/mol. The van der Waals surface area contributed by atoms with Gasteiger partial charge in [0, 0.05) is 18.4 Å². The molecule has 1 aliphatic carbocycles. The lowest BCUT2D eigenvalue weighted by Crippen LogP contribution is -2.29. The Labute approximate surface area is 105 Å². The first-order valence-electron chi connectivity index (χ1n) is 6.13. The molecule has 1 N–H and O–H groups in total. The van der Waals surface area contributed by atoms with Gasteiger partial charge in [-0.1, -0.05) is 6.92 Å². The molecule has 2 nitrogen and oxygen atoms in total. The molecular formula is C13H17F3N2. The summed E-state index contributed by atoms with van der Waals surface area (Å²) in [5.74, 6) is 0.132. The minimum atomic E-state index is -4.30. The van der Waals surface area contributed by atoms with Crippen LogP contribution in [0.25, 0.3) is 0 Å². The van der Waals surface area contributed by atoms with Gasteiger partial charge in [0.25, 0.3) is 0 Å². The maximum atomic E-state index is 13.0. The second kappa shape index (κ2) is 4.88. The maximum absolute atomic E-state index is 13.0. The third-order valence-corrected chi connectivity index (χ3v) is 3.99. The van der Waals surface area contributed by atoms with Gasteiger partial charge in [0.05, 0.1) is 5.56 Å². The number of aromatic nitrogens is 1. The highest BCUT2D eigenvalue weighted by atomic mass is 19.4. The summed E-state index contributed by atoms with van der Waals surface area (Å²) in [5, 5.41) is 3.17. The van der Waals surface area contributed by atoms with E-state index >= 15 is 0 Å². The summed E-state index contributed by atoms with van der Waals surface area (Å²) < 4.78 is 38.9. The summed E-state index contributed by atoms with van der Waals surface area (Å²) in [4.78, 5) is 3.87. The molecule has 0 bridgehead atoms. The molecule has 0 radical (unpaired) electrons. The van der Waals surface area contributed by atoms with Crippen LogP contribution in [0, 0.1) is 5.92 Å². The smallest absolute Gasteiger partial charge is 0.317 e. The molecule has 1 aliphatic rings. The second-order valence-corrected chi connectivity index (χ2v) is 4.90. The predicted octanol–water partition coefficient (Wildman–Crippen LogP) is 3.20. The monoisotopic (exact) mass is 258 g/mol. The minimum absolute atomic E-state index is 0.0622. The summed E-state index contributed by atoms with van der Waals surface area (Å²) in [6, 6.07) is 1.37. The van der Waals surface area contributed by atoms with Crippen molar-refractivity contribution in [1.29, 1.82) is 0 Å². The molecule has 18 heavy (non-hydrogen) atoms. The molecule has 0 amide bonds. The van der Waals surface area contributed by atoms with Crippen molar-refractivity contribution in [3.8, 4) is 0 Å². The Balaban J connectivity index is 2.35. The van der Waals surface area contributed by atoms with Gasteiger partial charge in [-0.25, -0.2) is 0 Å². The molecule has 100 valence electrons. The van der Waals surface area contributed by atoms with Crippen molar-refractivity contribution in [2.45, 2.75) is 37.9 Å². The van der Waals surface area contributed by atoms with Crippen molar-refractivity contribution in [2.24, 2.45) is 5.92 Å². The average Bonchev–Trinajstić information content (AvgIpc) is 2.69. The maximum Gasteiger partial charge on any atom is 0.416 e. The van der Waals surface area contributed by atoms with Gasteiger partial charge >= 0.3 is 6.18 Å².